The second-order valence-corrected chi connectivity index (χ2v) is 6.20. The molecule has 1 aromatic carbocycles. The maximum Gasteiger partial charge on any atom is 0.308 e. The maximum absolute atomic E-state index is 12.4. The molecule has 0 aliphatic carbocycles. The van der Waals surface area contributed by atoms with Gasteiger partial charge >= 0.3 is 5.97 Å². The smallest absolute Gasteiger partial charge is 0.308 e. The zero-order valence-corrected chi connectivity index (χ0v) is 13.9. The number of carbonyl (C=O) groups is 3. The standard InChI is InChI=1S/C17H22N2O5/c1-11-5-6-13(14(20)8-11)16(22)18(2)10-15(21)19-7-3-4-12(9-19)17(23)24/h5-6,8,12,20H,3-4,7,9-10H2,1-2H3,(H,23,24). The lowest BCUT2D eigenvalue weighted by atomic mass is 9.98. The highest BCUT2D eigenvalue weighted by molar-refractivity contribution is 5.98. The minimum absolute atomic E-state index is 0.122. The van der Waals surface area contributed by atoms with E-state index in [9.17, 15) is 19.5 Å². The number of aromatic hydroxyl groups is 1. The molecule has 1 saturated heterocycles. The van der Waals surface area contributed by atoms with Crippen molar-refractivity contribution < 1.29 is 24.6 Å². The molecule has 0 radical (unpaired) electrons. The summed E-state index contributed by atoms with van der Waals surface area (Å²) < 4.78 is 0. The van der Waals surface area contributed by atoms with E-state index in [0.717, 1.165) is 5.56 Å². The van der Waals surface area contributed by atoms with E-state index in [-0.39, 0.29) is 30.3 Å². The molecule has 1 fully saturated rings. The lowest BCUT2D eigenvalue weighted by Gasteiger charge is -2.32. The highest BCUT2D eigenvalue weighted by Crippen LogP contribution is 2.20. The topological polar surface area (TPSA) is 98.2 Å². The summed E-state index contributed by atoms with van der Waals surface area (Å²) in [5.74, 6) is -2.31. The molecule has 1 aliphatic heterocycles. The van der Waals surface area contributed by atoms with Crippen LogP contribution in [0.5, 0.6) is 5.75 Å². The quantitative estimate of drug-likeness (QED) is 0.859. The first kappa shape index (κ1) is 17.8. The van der Waals surface area contributed by atoms with Crippen LogP contribution in [0, 0.1) is 12.8 Å². The fourth-order valence-electron chi connectivity index (χ4n) is 2.81. The van der Waals surface area contributed by atoms with Crippen LogP contribution in [0.25, 0.3) is 0 Å². The van der Waals surface area contributed by atoms with Crippen LogP contribution >= 0.6 is 0 Å². The van der Waals surface area contributed by atoms with Gasteiger partial charge in [-0.15, -0.1) is 0 Å². The molecule has 2 rings (SSSR count). The Labute approximate surface area is 140 Å². The number of hydrogen-bond donors (Lipinski definition) is 2. The zero-order valence-electron chi connectivity index (χ0n) is 13.9. The Kier molecular flexibility index (Phi) is 5.43. The van der Waals surface area contributed by atoms with Gasteiger partial charge in [-0.1, -0.05) is 6.07 Å². The summed E-state index contributed by atoms with van der Waals surface area (Å²) in [6, 6.07) is 4.73. The predicted molar refractivity (Wildman–Crippen MR) is 86.7 cm³/mol. The van der Waals surface area contributed by atoms with Crippen LogP contribution in [0.3, 0.4) is 0 Å². The SMILES string of the molecule is Cc1ccc(C(=O)N(C)CC(=O)N2CCCC(C(=O)O)C2)c(O)c1. The van der Waals surface area contributed by atoms with Crippen molar-refractivity contribution in [2.75, 3.05) is 26.7 Å². The molecule has 24 heavy (non-hydrogen) atoms. The summed E-state index contributed by atoms with van der Waals surface area (Å²) in [6.07, 6.45) is 1.20. The first-order chi connectivity index (χ1) is 11.3. The maximum atomic E-state index is 12.4. The van der Waals surface area contributed by atoms with Crippen LogP contribution in [0.15, 0.2) is 18.2 Å². The predicted octanol–water partition coefficient (Wildman–Crippen LogP) is 1.10. The Balaban J connectivity index is 2.00. The molecule has 130 valence electrons. The van der Waals surface area contributed by atoms with Crippen molar-refractivity contribution in [1.82, 2.24) is 9.80 Å². The summed E-state index contributed by atoms with van der Waals surface area (Å²) in [4.78, 5) is 38.5. The second-order valence-electron chi connectivity index (χ2n) is 6.20. The number of piperidine rings is 1. The number of amides is 2. The highest BCUT2D eigenvalue weighted by atomic mass is 16.4. The number of carboxylic acids is 1. The van der Waals surface area contributed by atoms with E-state index in [2.05, 4.69) is 0 Å². The number of rotatable bonds is 4. The Bertz CT molecular complexity index is 658. The summed E-state index contributed by atoms with van der Waals surface area (Å²) in [5.41, 5.74) is 0.966. The van der Waals surface area contributed by atoms with Crippen molar-refractivity contribution in [1.29, 1.82) is 0 Å². The third-order valence-electron chi connectivity index (χ3n) is 4.23. The van der Waals surface area contributed by atoms with E-state index < -0.39 is 17.8 Å². The van der Waals surface area contributed by atoms with Crippen molar-refractivity contribution >= 4 is 17.8 Å². The summed E-state index contributed by atoms with van der Waals surface area (Å²) in [5, 5.41) is 19.0. The van der Waals surface area contributed by atoms with E-state index in [1.807, 2.05) is 0 Å². The number of phenolic OH excluding ortho intramolecular Hbond substituents is 1. The molecular weight excluding hydrogens is 312 g/mol. The van der Waals surface area contributed by atoms with Crippen molar-refractivity contribution in [2.45, 2.75) is 19.8 Å². The molecule has 0 bridgehead atoms. The normalized spacial score (nSPS) is 17.4. The molecule has 1 aromatic rings. The van der Waals surface area contributed by atoms with Crippen molar-refractivity contribution in [2.24, 2.45) is 5.92 Å². The number of likely N-dealkylation sites (N-methyl/N-ethyl adjacent to an activating group) is 1. The van der Waals surface area contributed by atoms with Gasteiger partial charge in [0.1, 0.15) is 5.75 Å². The number of hydrogen-bond acceptors (Lipinski definition) is 4. The van der Waals surface area contributed by atoms with Gasteiger partial charge < -0.3 is 20.0 Å². The average molecular weight is 334 g/mol. The molecule has 0 spiro atoms. The molecule has 2 amide bonds. The van der Waals surface area contributed by atoms with E-state index in [0.29, 0.717) is 19.4 Å². The molecule has 0 saturated carbocycles. The molecule has 0 aromatic heterocycles. The summed E-state index contributed by atoms with van der Waals surface area (Å²) in [7, 11) is 1.48. The average Bonchev–Trinajstić information content (AvgIpc) is 2.54. The molecule has 1 heterocycles. The molecule has 7 nitrogen and oxygen atoms in total. The van der Waals surface area contributed by atoms with Gasteiger partial charge in [-0.3, -0.25) is 14.4 Å². The van der Waals surface area contributed by atoms with Crippen LogP contribution < -0.4 is 0 Å². The van der Waals surface area contributed by atoms with Gasteiger partial charge in [0.25, 0.3) is 5.91 Å². The monoisotopic (exact) mass is 334 g/mol. The number of aryl methyl sites for hydroxylation is 1. The summed E-state index contributed by atoms with van der Waals surface area (Å²) in [6.45, 7) is 2.32. The lowest BCUT2D eigenvalue weighted by molar-refractivity contribution is -0.145. The van der Waals surface area contributed by atoms with Crippen LogP contribution in [-0.4, -0.2) is 64.5 Å². The lowest BCUT2D eigenvalue weighted by Crippen LogP contribution is -2.46. The first-order valence-electron chi connectivity index (χ1n) is 7.85. The number of carboxylic acid groups (broad SMARTS) is 1. The third-order valence-corrected chi connectivity index (χ3v) is 4.23. The van der Waals surface area contributed by atoms with E-state index in [1.54, 1.807) is 13.0 Å². The summed E-state index contributed by atoms with van der Waals surface area (Å²) >= 11 is 0. The van der Waals surface area contributed by atoms with Crippen molar-refractivity contribution in [3.63, 3.8) is 0 Å². The van der Waals surface area contributed by atoms with Crippen LogP contribution in [0.1, 0.15) is 28.8 Å². The van der Waals surface area contributed by atoms with Crippen molar-refractivity contribution in [3.8, 4) is 5.75 Å². The van der Waals surface area contributed by atoms with Gasteiger partial charge in [0, 0.05) is 20.1 Å². The fourth-order valence-corrected chi connectivity index (χ4v) is 2.81. The van der Waals surface area contributed by atoms with Crippen LogP contribution in [0.2, 0.25) is 0 Å². The number of carbonyl (C=O) groups excluding carboxylic acids is 2. The molecule has 1 aliphatic rings. The van der Waals surface area contributed by atoms with Gasteiger partial charge in [-0.25, -0.2) is 0 Å². The minimum atomic E-state index is -0.901. The van der Waals surface area contributed by atoms with E-state index in [1.165, 1.54) is 29.0 Å². The Hall–Kier alpha value is -2.57. The van der Waals surface area contributed by atoms with E-state index >= 15 is 0 Å². The minimum Gasteiger partial charge on any atom is -0.507 e. The third kappa shape index (κ3) is 4.04. The van der Waals surface area contributed by atoms with Gasteiger partial charge in [0.15, 0.2) is 0 Å². The second kappa shape index (κ2) is 7.33. The van der Waals surface area contributed by atoms with Crippen molar-refractivity contribution in [3.05, 3.63) is 29.3 Å². The molecule has 1 unspecified atom stereocenters. The fraction of sp³-hybridized carbons (Fsp3) is 0.471. The first-order valence-corrected chi connectivity index (χ1v) is 7.85. The van der Waals surface area contributed by atoms with Gasteiger partial charge in [-0.05, 0) is 37.5 Å². The molecular formula is C17H22N2O5. The number of nitrogens with zero attached hydrogens (tertiary/aromatic N) is 2. The van der Waals surface area contributed by atoms with Crippen LogP contribution in [0.4, 0.5) is 0 Å². The highest BCUT2D eigenvalue weighted by Gasteiger charge is 2.29. The Morgan fingerprint density at radius 2 is 2.04 bits per heavy atom. The number of likely N-dealkylation sites (tertiary alicyclic amines) is 1. The van der Waals surface area contributed by atoms with Gasteiger partial charge in [0.05, 0.1) is 18.0 Å². The number of phenols is 1. The number of benzene rings is 1. The molecule has 1 atom stereocenters. The number of aliphatic carboxylic acids is 1. The largest absolute Gasteiger partial charge is 0.507 e. The Morgan fingerprint density at radius 1 is 1.33 bits per heavy atom. The molecule has 7 heteroatoms. The molecule has 2 N–H and O–H groups in total. The van der Waals surface area contributed by atoms with Gasteiger partial charge in [0.2, 0.25) is 5.91 Å². The zero-order chi connectivity index (χ0) is 17.9. The van der Waals surface area contributed by atoms with Gasteiger partial charge in [-0.2, -0.15) is 0 Å². The van der Waals surface area contributed by atoms with Crippen LogP contribution in [-0.2, 0) is 9.59 Å². The Morgan fingerprint density at radius 3 is 2.67 bits per heavy atom. The van der Waals surface area contributed by atoms with E-state index in [4.69, 9.17) is 5.11 Å².